The first-order chi connectivity index (χ1) is 8.08. The summed E-state index contributed by atoms with van der Waals surface area (Å²) < 4.78 is 0. The monoisotopic (exact) mass is 269 g/mol. The molecule has 92 valence electrons. The molecule has 0 saturated heterocycles. The first-order valence-corrected chi connectivity index (χ1v) is 6.83. The number of hydrogen-bond acceptors (Lipinski definition) is 4. The zero-order valence-electron chi connectivity index (χ0n) is 9.60. The minimum absolute atomic E-state index is 0.0660. The van der Waals surface area contributed by atoms with Gasteiger partial charge >= 0.3 is 0 Å². The Bertz CT molecular complexity index is 444. The molecule has 0 aliphatic heterocycles. The van der Waals surface area contributed by atoms with Crippen molar-refractivity contribution in [2.45, 2.75) is 32.2 Å². The van der Waals surface area contributed by atoms with E-state index in [1.165, 1.54) is 11.3 Å². The minimum atomic E-state index is -0.0660. The summed E-state index contributed by atoms with van der Waals surface area (Å²) in [5.41, 5.74) is 5.68. The summed E-state index contributed by atoms with van der Waals surface area (Å²) in [6.45, 7) is 1.88. The third kappa shape index (κ3) is 2.81. The number of nitrogens with one attached hydrogen (secondary N) is 1. The Labute approximate surface area is 110 Å². The van der Waals surface area contributed by atoms with E-state index in [1.54, 1.807) is 6.20 Å². The van der Waals surface area contributed by atoms with Crippen molar-refractivity contribution in [2.75, 3.05) is 0 Å². The highest BCUT2D eigenvalue weighted by Gasteiger charge is 2.30. The number of thiazole rings is 1. The highest BCUT2D eigenvalue weighted by molar-refractivity contribution is 7.80. The third-order valence-corrected chi connectivity index (χ3v) is 4.26. The highest BCUT2D eigenvalue weighted by Crippen LogP contribution is 2.26. The van der Waals surface area contributed by atoms with Crippen LogP contribution in [0.2, 0.25) is 0 Å². The molecule has 4 nitrogen and oxygen atoms in total. The third-order valence-electron chi connectivity index (χ3n) is 3.04. The lowest BCUT2D eigenvalue weighted by Gasteiger charge is -2.19. The van der Waals surface area contributed by atoms with Crippen molar-refractivity contribution in [3.8, 4) is 0 Å². The maximum Gasteiger partial charge on any atom is 0.263 e. The molecule has 1 aromatic heterocycles. The minimum Gasteiger partial charge on any atom is -0.393 e. The number of aryl methyl sites for hydroxylation is 1. The fourth-order valence-electron chi connectivity index (χ4n) is 2.18. The molecule has 6 heteroatoms. The van der Waals surface area contributed by atoms with Crippen molar-refractivity contribution in [1.82, 2.24) is 10.3 Å². The van der Waals surface area contributed by atoms with Gasteiger partial charge in [0.2, 0.25) is 0 Å². The van der Waals surface area contributed by atoms with Crippen LogP contribution in [-0.4, -0.2) is 21.9 Å². The lowest BCUT2D eigenvalue weighted by atomic mass is 10.0. The Balaban J connectivity index is 2.01. The summed E-state index contributed by atoms with van der Waals surface area (Å²) in [7, 11) is 0. The molecule has 1 fully saturated rings. The van der Waals surface area contributed by atoms with Gasteiger partial charge in [-0.1, -0.05) is 18.6 Å². The van der Waals surface area contributed by atoms with E-state index >= 15 is 0 Å². The van der Waals surface area contributed by atoms with E-state index in [2.05, 4.69) is 10.3 Å². The van der Waals surface area contributed by atoms with Crippen LogP contribution < -0.4 is 11.1 Å². The highest BCUT2D eigenvalue weighted by atomic mass is 32.1. The molecule has 1 aliphatic carbocycles. The molecule has 0 bridgehead atoms. The summed E-state index contributed by atoms with van der Waals surface area (Å²) in [5.74, 6) is 0.0757. The van der Waals surface area contributed by atoms with Crippen LogP contribution in [-0.2, 0) is 0 Å². The Kier molecular flexibility index (Phi) is 3.73. The van der Waals surface area contributed by atoms with E-state index in [0.717, 1.165) is 24.3 Å². The van der Waals surface area contributed by atoms with E-state index < -0.39 is 0 Å². The van der Waals surface area contributed by atoms with Gasteiger partial charge < -0.3 is 11.1 Å². The van der Waals surface area contributed by atoms with Gasteiger partial charge in [-0.25, -0.2) is 4.98 Å². The van der Waals surface area contributed by atoms with Gasteiger partial charge in [-0.15, -0.1) is 11.3 Å². The lowest BCUT2D eigenvalue weighted by molar-refractivity contribution is 0.0937. The Morgan fingerprint density at radius 3 is 3.00 bits per heavy atom. The molecule has 2 atom stereocenters. The number of aromatic nitrogens is 1. The van der Waals surface area contributed by atoms with Gasteiger partial charge in [0.05, 0.1) is 16.2 Å². The number of amides is 1. The van der Waals surface area contributed by atoms with Crippen molar-refractivity contribution >= 4 is 34.5 Å². The molecule has 3 N–H and O–H groups in total. The number of nitrogens with zero attached hydrogens (tertiary/aromatic N) is 1. The number of carbonyl (C=O) groups is 1. The molecule has 2 unspecified atom stereocenters. The number of carbonyl (C=O) groups excluding carboxylic acids is 1. The quantitative estimate of drug-likeness (QED) is 0.819. The Hall–Kier alpha value is -1.01. The summed E-state index contributed by atoms with van der Waals surface area (Å²) in [6.07, 6.45) is 4.60. The van der Waals surface area contributed by atoms with Gasteiger partial charge in [-0.2, -0.15) is 0 Å². The number of thiocarbonyl (C=S) groups is 1. The molecule has 0 radical (unpaired) electrons. The van der Waals surface area contributed by atoms with Crippen molar-refractivity contribution in [3.63, 3.8) is 0 Å². The number of nitrogens with two attached hydrogens (primary N) is 1. The molecule has 1 heterocycles. The Morgan fingerprint density at radius 2 is 2.41 bits per heavy atom. The Morgan fingerprint density at radius 1 is 1.65 bits per heavy atom. The number of rotatable bonds is 3. The van der Waals surface area contributed by atoms with Gasteiger partial charge in [-0.3, -0.25) is 4.79 Å². The van der Waals surface area contributed by atoms with Gasteiger partial charge in [0.25, 0.3) is 5.91 Å². The van der Waals surface area contributed by atoms with Crippen LogP contribution in [0.5, 0.6) is 0 Å². The average molecular weight is 269 g/mol. The van der Waals surface area contributed by atoms with E-state index in [0.29, 0.717) is 9.87 Å². The topological polar surface area (TPSA) is 68.0 Å². The van der Waals surface area contributed by atoms with Crippen LogP contribution in [0.3, 0.4) is 0 Å². The zero-order valence-corrected chi connectivity index (χ0v) is 11.2. The summed E-state index contributed by atoms with van der Waals surface area (Å²) in [5, 5.41) is 3.90. The molecular weight excluding hydrogens is 254 g/mol. The van der Waals surface area contributed by atoms with Gasteiger partial charge in [0.15, 0.2) is 0 Å². The fourth-order valence-corrected chi connectivity index (χ4v) is 3.14. The zero-order chi connectivity index (χ0) is 12.4. The smallest absolute Gasteiger partial charge is 0.263 e. The standard InChI is InChI=1S/C11H15N3OS2/c1-6-13-5-9(17-6)11(15)14-8-4-2-3-7(8)10(12)16/h5,7-8H,2-4H2,1H3,(H2,12,16)(H,14,15). The molecule has 1 saturated carbocycles. The lowest BCUT2D eigenvalue weighted by Crippen LogP contribution is -2.41. The first-order valence-electron chi connectivity index (χ1n) is 5.60. The maximum absolute atomic E-state index is 12.0. The van der Waals surface area contributed by atoms with Crippen LogP contribution in [0.25, 0.3) is 0 Å². The van der Waals surface area contributed by atoms with Crippen LogP contribution in [0.1, 0.15) is 33.9 Å². The largest absolute Gasteiger partial charge is 0.393 e. The molecule has 1 aliphatic rings. The van der Waals surface area contributed by atoms with Crippen LogP contribution in [0.15, 0.2) is 6.20 Å². The van der Waals surface area contributed by atoms with Crippen LogP contribution in [0.4, 0.5) is 0 Å². The summed E-state index contributed by atoms with van der Waals surface area (Å²) in [6, 6.07) is 0.0856. The molecule has 0 aromatic carbocycles. The number of hydrogen-bond donors (Lipinski definition) is 2. The van der Waals surface area contributed by atoms with Gasteiger partial charge in [-0.05, 0) is 19.8 Å². The predicted octanol–water partition coefficient (Wildman–Crippen LogP) is 1.64. The second-order valence-corrected chi connectivity index (χ2v) is 5.97. The normalized spacial score (nSPS) is 23.6. The summed E-state index contributed by atoms with van der Waals surface area (Å²) in [4.78, 5) is 17.2. The van der Waals surface area contributed by atoms with Crippen molar-refractivity contribution < 1.29 is 4.79 Å². The van der Waals surface area contributed by atoms with Crippen LogP contribution in [0, 0.1) is 12.8 Å². The fraction of sp³-hybridized carbons (Fsp3) is 0.545. The first kappa shape index (κ1) is 12.4. The molecule has 1 aromatic rings. The predicted molar refractivity (Wildman–Crippen MR) is 72.2 cm³/mol. The van der Waals surface area contributed by atoms with E-state index in [-0.39, 0.29) is 17.9 Å². The summed E-state index contributed by atoms with van der Waals surface area (Å²) >= 11 is 6.42. The second-order valence-electron chi connectivity index (χ2n) is 4.26. The van der Waals surface area contributed by atoms with Gasteiger partial charge in [0, 0.05) is 12.0 Å². The van der Waals surface area contributed by atoms with E-state index in [1.807, 2.05) is 6.92 Å². The maximum atomic E-state index is 12.0. The molecule has 2 rings (SSSR count). The van der Waals surface area contributed by atoms with Crippen molar-refractivity contribution in [1.29, 1.82) is 0 Å². The van der Waals surface area contributed by atoms with Crippen molar-refractivity contribution in [2.24, 2.45) is 11.7 Å². The molecular formula is C11H15N3OS2. The second kappa shape index (κ2) is 5.10. The van der Waals surface area contributed by atoms with Gasteiger partial charge in [0.1, 0.15) is 4.88 Å². The SMILES string of the molecule is Cc1ncc(C(=O)NC2CCCC2C(N)=S)s1. The molecule has 0 spiro atoms. The van der Waals surface area contributed by atoms with Crippen LogP contribution >= 0.6 is 23.6 Å². The van der Waals surface area contributed by atoms with Crippen molar-refractivity contribution in [3.05, 3.63) is 16.1 Å². The molecule has 1 amide bonds. The molecule has 17 heavy (non-hydrogen) atoms. The van der Waals surface area contributed by atoms with E-state index in [4.69, 9.17) is 18.0 Å². The van der Waals surface area contributed by atoms with E-state index in [9.17, 15) is 4.79 Å². The average Bonchev–Trinajstić information content (AvgIpc) is 2.86.